The SMILES string of the molecule is C=CCCC(NC)c1cnn2ccccc12. The van der Waals surface area contributed by atoms with E-state index in [0.29, 0.717) is 6.04 Å². The molecule has 0 aliphatic carbocycles. The van der Waals surface area contributed by atoms with Crippen LogP contribution in [-0.4, -0.2) is 16.7 Å². The molecule has 0 amide bonds. The van der Waals surface area contributed by atoms with Gasteiger partial charge in [-0.2, -0.15) is 5.10 Å². The molecular weight excluding hydrogens is 198 g/mol. The van der Waals surface area contributed by atoms with Crippen molar-refractivity contribution >= 4 is 5.52 Å². The molecule has 0 aliphatic rings. The molecule has 1 unspecified atom stereocenters. The fourth-order valence-electron chi connectivity index (χ4n) is 1.96. The Morgan fingerprint density at radius 2 is 2.44 bits per heavy atom. The normalized spacial score (nSPS) is 12.8. The number of fused-ring (bicyclic) bond motifs is 1. The number of nitrogens with one attached hydrogen (secondary N) is 1. The summed E-state index contributed by atoms with van der Waals surface area (Å²) in [5.41, 5.74) is 2.43. The Balaban J connectivity index is 2.33. The first-order valence-corrected chi connectivity index (χ1v) is 5.57. The van der Waals surface area contributed by atoms with Crippen molar-refractivity contribution in [1.29, 1.82) is 0 Å². The van der Waals surface area contributed by atoms with Crippen molar-refractivity contribution in [2.24, 2.45) is 0 Å². The highest BCUT2D eigenvalue weighted by Crippen LogP contribution is 2.22. The number of hydrogen-bond donors (Lipinski definition) is 1. The fourth-order valence-corrected chi connectivity index (χ4v) is 1.96. The quantitative estimate of drug-likeness (QED) is 0.777. The van der Waals surface area contributed by atoms with E-state index in [9.17, 15) is 0 Å². The highest BCUT2D eigenvalue weighted by atomic mass is 15.2. The van der Waals surface area contributed by atoms with Gasteiger partial charge in [0.15, 0.2) is 0 Å². The molecule has 0 radical (unpaired) electrons. The fraction of sp³-hybridized carbons (Fsp3) is 0.308. The Bertz CT molecular complexity index is 473. The third kappa shape index (κ3) is 1.99. The first-order valence-electron chi connectivity index (χ1n) is 5.57. The molecule has 0 bridgehead atoms. The maximum atomic E-state index is 4.35. The Kier molecular flexibility index (Phi) is 3.37. The largest absolute Gasteiger partial charge is 0.313 e. The highest BCUT2D eigenvalue weighted by Gasteiger charge is 2.13. The first-order chi connectivity index (χ1) is 7.86. The molecule has 0 saturated heterocycles. The van der Waals surface area contributed by atoms with Gasteiger partial charge in [-0.1, -0.05) is 12.1 Å². The standard InChI is InChI=1S/C13H17N3/c1-3-4-7-12(14-2)11-10-15-16-9-6-5-8-13(11)16/h3,5-6,8-10,12,14H,1,4,7H2,2H3. The van der Waals surface area contributed by atoms with E-state index in [2.05, 4.69) is 23.1 Å². The monoisotopic (exact) mass is 215 g/mol. The summed E-state index contributed by atoms with van der Waals surface area (Å²) >= 11 is 0. The molecule has 3 heteroatoms. The lowest BCUT2D eigenvalue weighted by Gasteiger charge is -2.13. The van der Waals surface area contributed by atoms with Crippen molar-refractivity contribution in [3.8, 4) is 0 Å². The van der Waals surface area contributed by atoms with E-state index < -0.39 is 0 Å². The van der Waals surface area contributed by atoms with Gasteiger partial charge in [0, 0.05) is 17.8 Å². The lowest BCUT2D eigenvalue weighted by molar-refractivity contribution is 0.558. The lowest BCUT2D eigenvalue weighted by Crippen LogP contribution is -2.15. The highest BCUT2D eigenvalue weighted by molar-refractivity contribution is 5.54. The zero-order valence-electron chi connectivity index (χ0n) is 9.56. The molecule has 3 nitrogen and oxygen atoms in total. The minimum absolute atomic E-state index is 0.345. The van der Waals surface area contributed by atoms with Crippen LogP contribution >= 0.6 is 0 Å². The van der Waals surface area contributed by atoms with Crippen LogP contribution in [0.4, 0.5) is 0 Å². The smallest absolute Gasteiger partial charge is 0.0709 e. The van der Waals surface area contributed by atoms with Gasteiger partial charge in [-0.15, -0.1) is 6.58 Å². The third-order valence-corrected chi connectivity index (χ3v) is 2.84. The number of aromatic nitrogens is 2. The summed E-state index contributed by atoms with van der Waals surface area (Å²) in [5, 5.41) is 7.68. The van der Waals surface area contributed by atoms with Gasteiger partial charge in [0.1, 0.15) is 0 Å². The molecule has 0 aliphatic heterocycles. The van der Waals surface area contributed by atoms with E-state index >= 15 is 0 Å². The van der Waals surface area contributed by atoms with Gasteiger partial charge in [0.25, 0.3) is 0 Å². The summed E-state index contributed by atoms with van der Waals surface area (Å²) in [4.78, 5) is 0. The minimum Gasteiger partial charge on any atom is -0.313 e. The molecule has 0 saturated carbocycles. The van der Waals surface area contributed by atoms with Gasteiger partial charge in [-0.25, -0.2) is 4.52 Å². The zero-order chi connectivity index (χ0) is 11.4. The number of hydrogen-bond acceptors (Lipinski definition) is 2. The van der Waals surface area contributed by atoms with Gasteiger partial charge in [-0.05, 0) is 32.0 Å². The Morgan fingerprint density at radius 3 is 3.19 bits per heavy atom. The summed E-state index contributed by atoms with van der Waals surface area (Å²) in [6.07, 6.45) is 7.93. The van der Waals surface area contributed by atoms with E-state index in [1.807, 2.05) is 42.2 Å². The average Bonchev–Trinajstić information content (AvgIpc) is 2.75. The molecule has 1 N–H and O–H groups in total. The summed E-state index contributed by atoms with van der Waals surface area (Å²) in [6, 6.07) is 6.47. The van der Waals surface area contributed by atoms with Crippen molar-refractivity contribution in [3.63, 3.8) is 0 Å². The molecular formula is C13H17N3. The molecule has 84 valence electrons. The van der Waals surface area contributed by atoms with Crippen LogP contribution in [0.1, 0.15) is 24.4 Å². The molecule has 0 spiro atoms. The number of rotatable bonds is 5. The van der Waals surface area contributed by atoms with Gasteiger partial charge >= 0.3 is 0 Å². The van der Waals surface area contributed by atoms with Gasteiger partial charge in [-0.3, -0.25) is 0 Å². The summed E-state index contributed by atoms with van der Waals surface area (Å²) in [5.74, 6) is 0. The number of pyridine rings is 1. The Morgan fingerprint density at radius 1 is 1.56 bits per heavy atom. The van der Waals surface area contributed by atoms with E-state index in [4.69, 9.17) is 0 Å². The average molecular weight is 215 g/mol. The zero-order valence-corrected chi connectivity index (χ0v) is 9.56. The van der Waals surface area contributed by atoms with Crippen LogP contribution in [0.3, 0.4) is 0 Å². The van der Waals surface area contributed by atoms with Crippen molar-refractivity contribution in [2.75, 3.05) is 7.05 Å². The Labute approximate surface area is 95.8 Å². The summed E-state index contributed by atoms with van der Waals surface area (Å²) in [6.45, 7) is 3.76. The third-order valence-electron chi connectivity index (χ3n) is 2.84. The second-order valence-corrected chi connectivity index (χ2v) is 3.84. The predicted octanol–water partition coefficient (Wildman–Crippen LogP) is 2.56. The van der Waals surface area contributed by atoms with Crippen molar-refractivity contribution in [3.05, 3.63) is 48.8 Å². The van der Waals surface area contributed by atoms with Crippen LogP contribution in [0.5, 0.6) is 0 Å². The topological polar surface area (TPSA) is 29.3 Å². The van der Waals surface area contributed by atoms with E-state index in [1.165, 1.54) is 11.1 Å². The molecule has 0 fully saturated rings. The minimum atomic E-state index is 0.345. The van der Waals surface area contributed by atoms with Crippen molar-refractivity contribution in [1.82, 2.24) is 14.9 Å². The molecule has 16 heavy (non-hydrogen) atoms. The first kappa shape index (κ1) is 10.9. The molecule has 2 aromatic heterocycles. The van der Waals surface area contributed by atoms with Crippen LogP contribution in [0.2, 0.25) is 0 Å². The molecule has 1 atom stereocenters. The maximum absolute atomic E-state index is 4.35. The van der Waals surface area contributed by atoms with Crippen LogP contribution in [0.25, 0.3) is 5.52 Å². The molecule has 2 rings (SSSR count). The van der Waals surface area contributed by atoms with Crippen LogP contribution in [0.15, 0.2) is 43.2 Å². The lowest BCUT2D eigenvalue weighted by atomic mass is 10.0. The van der Waals surface area contributed by atoms with E-state index in [0.717, 1.165) is 12.8 Å². The number of nitrogens with zero attached hydrogens (tertiary/aromatic N) is 2. The van der Waals surface area contributed by atoms with Gasteiger partial charge in [0.2, 0.25) is 0 Å². The van der Waals surface area contributed by atoms with Crippen molar-refractivity contribution < 1.29 is 0 Å². The van der Waals surface area contributed by atoms with Crippen LogP contribution in [-0.2, 0) is 0 Å². The van der Waals surface area contributed by atoms with E-state index in [1.54, 1.807) is 0 Å². The predicted molar refractivity (Wildman–Crippen MR) is 66.4 cm³/mol. The van der Waals surface area contributed by atoms with Crippen LogP contribution in [0, 0.1) is 0 Å². The number of allylic oxidation sites excluding steroid dienone is 1. The second-order valence-electron chi connectivity index (χ2n) is 3.84. The molecule has 0 aromatic carbocycles. The second kappa shape index (κ2) is 4.94. The molecule has 2 heterocycles. The Hall–Kier alpha value is -1.61. The van der Waals surface area contributed by atoms with Gasteiger partial charge < -0.3 is 5.32 Å². The van der Waals surface area contributed by atoms with Crippen LogP contribution < -0.4 is 5.32 Å². The van der Waals surface area contributed by atoms with Gasteiger partial charge in [0.05, 0.1) is 11.7 Å². The maximum Gasteiger partial charge on any atom is 0.0709 e. The van der Waals surface area contributed by atoms with E-state index in [-0.39, 0.29) is 0 Å². The summed E-state index contributed by atoms with van der Waals surface area (Å²) in [7, 11) is 1.99. The summed E-state index contributed by atoms with van der Waals surface area (Å²) < 4.78 is 1.91. The molecule has 2 aromatic rings. The van der Waals surface area contributed by atoms with Crippen molar-refractivity contribution in [2.45, 2.75) is 18.9 Å².